The first-order valence-electron chi connectivity index (χ1n) is 11.3. The first-order valence-corrected chi connectivity index (χ1v) is 11.3. The van der Waals surface area contributed by atoms with Gasteiger partial charge in [0.2, 0.25) is 0 Å². The van der Waals surface area contributed by atoms with Crippen LogP contribution in [0.4, 0.5) is 4.39 Å². The van der Waals surface area contributed by atoms with Crippen molar-refractivity contribution in [3.8, 4) is 16.9 Å². The molecular weight excluding hydrogens is 433 g/mol. The fourth-order valence-electron chi connectivity index (χ4n) is 4.90. The lowest BCUT2D eigenvalue weighted by Gasteiger charge is -2.49. The molecular formula is C26H36FN5O2. The summed E-state index contributed by atoms with van der Waals surface area (Å²) in [5, 5.41) is 14.2. The number of nitrogens with two attached hydrogens (primary N) is 2. The summed E-state index contributed by atoms with van der Waals surface area (Å²) in [5.74, 6) is -0.503. The van der Waals surface area contributed by atoms with Crippen LogP contribution in [0.15, 0.2) is 53.2 Å². The third-order valence-corrected chi connectivity index (χ3v) is 6.35. The standard InChI is InChI=1S/C26H36FN5O2/c1-25(2)14-18(15-26(3,4)30-25)32(6)22(29)8-7-20(28)24-19(27)11-17(12-21(24)33)16-9-10-31(5)23(34)13-16/h7-13,18,30,33H,14-15,28-29H2,1-6H3/b20-7-,22-8+. The van der Waals surface area contributed by atoms with E-state index in [1.54, 1.807) is 25.4 Å². The van der Waals surface area contributed by atoms with E-state index in [1.165, 1.54) is 28.8 Å². The molecule has 0 unspecified atom stereocenters. The molecule has 2 heterocycles. The number of phenols is 1. The zero-order chi connectivity index (χ0) is 25.4. The van der Waals surface area contributed by atoms with Crippen molar-refractivity contribution in [2.45, 2.75) is 57.7 Å². The molecule has 3 rings (SSSR count). The van der Waals surface area contributed by atoms with Crippen molar-refractivity contribution in [2.75, 3.05) is 7.05 Å². The molecule has 1 aromatic heterocycles. The minimum Gasteiger partial charge on any atom is -0.507 e. The van der Waals surface area contributed by atoms with Crippen molar-refractivity contribution < 1.29 is 9.50 Å². The summed E-state index contributed by atoms with van der Waals surface area (Å²) in [6, 6.07) is 5.93. The van der Waals surface area contributed by atoms with E-state index in [0.717, 1.165) is 12.8 Å². The summed E-state index contributed by atoms with van der Waals surface area (Å²) in [7, 11) is 3.57. The maximum atomic E-state index is 14.9. The molecule has 34 heavy (non-hydrogen) atoms. The Bertz CT molecular complexity index is 1160. The van der Waals surface area contributed by atoms with Gasteiger partial charge in [-0.15, -0.1) is 0 Å². The van der Waals surface area contributed by atoms with Crippen LogP contribution in [0.3, 0.4) is 0 Å². The van der Waals surface area contributed by atoms with Crippen molar-refractivity contribution >= 4 is 5.70 Å². The van der Waals surface area contributed by atoms with Crippen LogP contribution in [0.1, 0.15) is 46.1 Å². The topological polar surface area (TPSA) is 110 Å². The molecule has 0 atom stereocenters. The quantitative estimate of drug-likeness (QED) is 0.501. The SMILES string of the molecule is CN(/C(N)=C/C=C(\N)c1c(O)cc(-c2ccn(C)c(=O)c2)cc1F)C1CC(C)(C)NC(C)(C)C1. The Morgan fingerprint density at radius 3 is 2.32 bits per heavy atom. The average Bonchev–Trinajstić information content (AvgIpc) is 2.70. The lowest BCUT2D eigenvalue weighted by atomic mass is 9.79. The van der Waals surface area contributed by atoms with Gasteiger partial charge in [0.05, 0.1) is 11.4 Å². The predicted molar refractivity (Wildman–Crippen MR) is 135 cm³/mol. The van der Waals surface area contributed by atoms with Crippen molar-refractivity contribution in [1.82, 2.24) is 14.8 Å². The molecule has 1 fully saturated rings. The van der Waals surface area contributed by atoms with Crippen LogP contribution in [0.2, 0.25) is 0 Å². The molecule has 184 valence electrons. The number of pyridine rings is 1. The summed E-state index contributed by atoms with van der Waals surface area (Å²) in [6.07, 6.45) is 6.55. The summed E-state index contributed by atoms with van der Waals surface area (Å²) < 4.78 is 16.3. The minimum atomic E-state index is -0.688. The summed E-state index contributed by atoms with van der Waals surface area (Å²) >= 11 is 0. The third-order valence-electron chi connectivity index (χ3n) is 6.35. The summed E-state index contributed by atoms with van der Waals surface area (Å²) in [4.78, 5) is 13.9. The van der Waals surface area contributed by atoms with E-state index in [0.29, 0.717) is 16.9 Å². The first-order chi connectivity index (χ1) is 15.7. The largest absolute Gasteiger partial charge is 0.507 e. The number of aromatic nitrogens is 1. The molecule has 0 saturated carbocycles. The molecule has 0 bridgehead atoms. The molecule has 0 aliphatic carbocycles. The number of allylic oxidation sites excluding steroid dienone is 2. The van der Waals surface area contributed by atoms with E-state index in [1.807, 2.05) is 11.9 Å². The second-order valence-corrected chi connectivity index (χ2v) is 10.5. The molecule has 1 aromatic carbocycles. The van der Waals surface area contributed by atoms with Gasteiger partial charge in [-0.2, -0.15) is 0 Å². The zero-order valence-electron chi connectivity index (χ0n) is 20.8. The predicted octanol–water partition coefficient (Wildman–Crippen LogP) is 3.24. The van der Waals surface area contributed by atoms with Gasteiger partial charge in [0.1, 0.15) is 11.6 Å². The van der Waals surface area contributed by atoms with E-state index in [9.17, 15) is 14.3 Å². The second kappa shape index (κ2) is 9.18. The number of aromatic hydroxyl groups is 1. The van der Waals surface area contributed by atoms with Crippen LogP contribution in [-0.2, 0) is 7.05 Å². The molecule has 1 aliphatic heterocycles. The molecule has 1 saturated heterocycles. The molecule has 6 N–H and O–H groups in total. The smallest absolute Gasteiger partial charge is 0.250 e. The molecule has 0 amide bonds. The zero-order valence-corrected chi connectivity index (χ0v) is 20.8. The summed E-state index contributed by atoms with van der Waals surface area (Å²) in [5.41, 5.74) is 13.0. The second-order valence-electron chi connectivity index (χ2n) is 10.5. The average molecular weight is 470 g/mol. The number of hydrogen-bond acceptors (Lipinski definition) is 6. The van der Waals surface area contributed by atoms with Gasteiger partial charge >= 0.3 is 0 Å². The van der Waals surface area contributed by atoms with E-state index in [-0.39, 0.29) is 39.7 Å². The van der Waals surface area contributed by atoms with Gasteiger partial charge < -0.3 is 31.4 Å². The highest BCUT2D eigenvalue weighted by Gasteiger charge is 2.39. The van der Waals surface area contributed by atoms with Gasteiger partial charge in [-0.25, -0.2) is 4.39 Å². The van der Waals surface area contributed by atoms with E-state index in [4.69, 9.17) is 11.5 Å². The van der Waals surface area contributed by atoms with Crippen molar-refractivity contribution in [3.63, 3.8) is 0 Å². The van der Waals surface area contributed by atoms with Gasteiger partial charge in [0, 0.05) is 49.2 Å². The number of piperidine rings is 1. The molecule has 7 nitrogen and oxygen atoms in total. The molecule has 1 aliphatic rings. The van der Waals surface area contributed by atoms with Gasteiger partial charge in [-0.3, -0.25) is 4.79 Å². The number of rotatable bonds is 5. The fraction of sp³-hybridized carbons (Fsp3) is 0.423. The van der Waals surface area contributed by atoms with Crippen molar-refractivity contribution in [3.05, 3.63) is 70.2 Å². The number of nitrogens with one attached hydrogen (secondary N) is 1. The Morgan fingerprint density at radius 1 is 1.15 bits per heavy atom. The Morgan fingerprint density at radius 2 is 1.76 bits per heavy atom. The van der Waals surface area contributed by atoms with E-state index >= 15 is 0 Å². The Balaban J connectivity index is 1.85. The Hall–Kier alpha value is -3.26. The maximum absolute atomic E-state index is 14.9. The van der Waals surface area contributed by atoms with Crippen LogP contribution in [0.5, 0.6) is 5.75 Å². The fourth-order valence-corrected chi connectivity index (χ4v) is 4.90. The van der Waals surface area contributed by atoms with Crippen molar-refractivity contribution in [1.29, 1.82) is 0 Å². The monoisotopic (exact) mass is 469 g/mol. The Labute approximate surface area is 200 Å². The van der Waals surface area contributed by atoms with Gasteiger partial charge in [-0.05, 0) is 82.0 Å². The highest BCUT2D eigenvalue weighted by molar-refractivity contribution is 5.75. The normalized spacial score (nSPS) is 18.7. The Kier molecular flexibility index (Phi) is 6.85. The number of halogens is 1. The molecule has 2 aromatic rings. The van der Waals surface area contributed by atoms with E-state index < -0.39 is 5.82 Å². The van der Waals surface area contributed by atoms with Crippen LogP contribution in [0, 0.1) is 5.82 Å². The van der Waals surface area contributed by atoms with Gasteiger partial charge in [0.15, 0.2) is 0 Å². The van der Waals surface area contributed by atoms with Gasteiger partial charge in [0.25, 0.3) is 5.56 Å². The number of phenolic OH excluding ortho intramolecular Hbond substituents is 1. The van der Waals surface area contributed by atoms with Crippen molar-refractivity contribution in [2.24, 2.45) is 18.5 Å². The third kappa shape index (κ3) is 5.62. The molecule has 0 spiro atoms. The summed E-state index contributed by atoms with van der Waals surface area (Å²) in [6.45, 7) is 8.70. The minimum absolute atomic E-state index is 0.0323. The maximum Gasteiger partial charge on any atom is 0.250 e. The number of nitrogens with zero attached hydrogens (tertiary/aromatic N) is 2. The molecule has 8 heteroatoms. The number of benzene rings is 1. The molecule has 0 radical (unpaired) electrons. The van der Waals surface area contributed by atoms with Gasteiger partial charge in [-0.1, -0.05) is 0 Å². The van der Waals surface area contributed by atoms with Crippen LogP contribution in [-0.4, -0.2) is 38.7 Å². The van der Waals surface area contributed by atoms with Crippen LogP contribution in [0.25, 0.3) is 16.8 Å². The van der Waals surface area contributed by atoms with Crippen LogP contribution < -0.4 is 22.3 Å². The highest BCUT2D eigenvalue weighted by Crippen LogP contribution is 2.33. The number of aryl methyl sites for hydroxylation is 1. The van der Waals surface area contributed by atoms with E-state index in [2.05, 4.69) is 33.0 Å². The highest BCUT2D eigenvalue weighted by atomic mass is 19.1. The lowest BCUT2D eigenvalue weighted by molar-refractivity contribution is 0.0981. The lowest BCUT2D eigenvalue weighted by Crippen LogP contribution is -2.61. The number of hydrogen-bond donors (Lipinski definition) is 4. The first kappa shape index (κ1) is 25.4. The van der Waals surface area contributed by atoms with Crippen LogP contribution >= 0.6 is 0 Å².